The van der Waals surface area contributed by atoms with E-state index in [2.05, 4.69) is 10.6 Å². The smallest absolute Gasteiger partial charge is 0.253 e. The highest BCUT2D eigenvalue weighted by atomic mass is 35.5. The van der Waals surface area contributed by atoms with Crippen molar-refractivity contribution < 1.29 is 19.1 Å². The summed E-state index contributed by atoms with van der Waals surface area (Å²) in [7, 11) is 0. The van der Waals surface area contributed by atoms with Crippen molar-refractivity contribution in [1.82, 2.24) is 5.32 Å². The lowest BCUT2D eigenvalue weighted by atomic mass is 10.1. The molecule has 2 N–H and O–H groups in total. The Morgan fingerprint density at radius 3 is 2.84 bits per heavy atom. The van der Waals surface area contributed by atoms with Gasteiger partial charge in [-0.2, -0.15) is 11.8 Å². The highest BCUT2D eigenvalue weighted by Gasteiger charge is 2.22. The predicted molar refractivity (Wildman–Crippen MR) is 125 cm³/mol. The highest BCUT2D eigenvalue weighted by Crippen LogP contribution is 2.20. The monoisotopic (exact) mass is 462 g/mol. The first-order valence-corrected chi connectivity index (χ1v) is 12.0. The first kappa shape index (κ1) is 23.4. The van der Waals surface area contributed by atoms with Crippen LogP contribution in [0.15, 0.2) is 48.5 Å². The Bertz CT molecular complexity index is 889. The summed E-state index contributed by atoms with van der Waals surface area (Å²) in [4.78, 5) is 25.6. The van der Waals surface area contributed by atoms with Crippen LogP contribution in [0, 0.1) is 0 Å². The summed E-state index contributed by atoms with van der Waals surface area (Å²) in [5.41, 5.74) is 0.951. The van der Waals surface area contributed by atoms with E-state index >= 15 is 0 Å². The average molecular weight is 463 g/mol. The van der Waals surface area contributed by atoms with Crippen molar-refractivity contribution in [2.45, 2.75) is 31.4 Å². The van der Waals surface area contributed by atoms with Crippen LogP contribution < -0.4 is 15.4 Å². The fourth-order valence-electron chi connectivity index (χ4n) is 3.24. The van der Waals surface area contributed by atoms with E-state index in [1.165, 1.54) is 0 Å². The number of anilines is 1. The summed E-state index contributed by atoms with van der Waals surface area (Å²) in [5, 5.41) is 6.04. The lowest BCUT2D eigenvalue weighted by Crippen LogP contribution is -2.44. The third-order valence-corrected chi connectivity index (χ3v) is 5.89. The van der Waals surface area contributed by atoms with E-state index in [0.29, 0.717) is 35.1 Å². The molecule has 1 aliphatic heterocycles. The van der Waals surface area contributed by atoms with Gasteiger partial charge in [0.2, 0.25) is 5.91 Å². The number of carbonyl (C=O) groups excluding carboxylic acids is 2. The van der Waals surface area contributed by atoms with Crippen molar-refractivity contribution in [3.63, 3.8) is 0 Å². The van der Waals surface area contributed by atoms with E-state index in [9.17, 15) is 9.59 Å². The van der Waals surface area contributed by atoms with Gasteiger partial charge in [0.1, 0.15) is 18.4 Å². The Morgan fingerprint density at radius 2 is 2.10 bits per heavy atom. The van der Waals surface area contributed by atoms with Crippen molar-refractivity contribution in [2.24, 2.45) is 0 Å². The molecule has 1 saturated heterocycles. The van der Waals surface area contributed by atoms with Gasteiger partial charge in [-0.1, -0.05) is 29.8 Å². The minimum absolute atomic E-state index is 0.120. The minimum atomic E-state index is -0.687. The molecule has 0 aliphatic carbocycles. The molecule has 0 bridgehead atoms. The molecule has 0 spiro atoms. The minimum Gasteiger partial charge on any atom is -0.491 e. The molecular formula is C23H27ClN2O4S. The van der Waals surface area contributed by atoms with Gasteiger partial charge < -0.3 is 20.1 Å². The first-order valence-electron chi connectivity index (χ1n) is 10.3. The van der Waals surface area contributed by atoms with Crippen molar-refractivity contribution >= 4 is 40.9 Å². The van der Waals surface area contributed by atoms with Crippen LogP contribution in [0.5, 0.6) is 5.75 Å². The van der Waals surface area contributed by atoms with Gasteiger partial charge in [-0.15, -0.1) is 0 Å². The second-order valence-corrected chi connectivity index (χ2v) is 8.64. The van der Waals surface area contributed by atoms with Gasteiger partial charge in [0, 0.05) is 18.4 Å². The number of halogens is 1. The van der Waals surface area contributed by atoms with Crippen molar-refractivity contribution in [2.75, 3.05) is 30.5 Å². The molecule has 3 rings (SSSR count). The number of ether oxygens (including phenoxy) is 2. The van der Waals surface area contributed by atoms with Crippen LogP contribution in [-0.4, -0.2) is 49.2 Å². The summed E-state index contributed by atoms with van der Waals surface area (Å²) in [6, 6.07) is 13.3. The maximum absolute atomic E-state index is 12.9. The van der Waals surface area contributed by atoms with Gasteiger partial charge in [0.05, 0.1) is 16.7 Å². The van der Waals surface area contributed by atoms with Crippen LogP contribution in [0.3, 0.4) is 0 Å². The second kappa shape index (κ2) is 12.0. The van der Waals surface area contributed by atoms with E-state index in [0.717, 1.165) is 25.2 Å². The number of benzene rings is 2. The van der Waals surface area contributed by atoms with Crippen LogP contribution in [-0.2, 0) is 9.53 Å². The molecule has 2 aromatic rings. The van der Waals surface area contributed by atoms with Gasteiger partial charge >= 0.3 is 0 Å². The number of hydrogen-bond acceptors (Lipinski definition) is 5. The SMILES string of the molecule is CSCC[C@@H](NC(=O)c1ccccc1Cl)C(=O)Nc1cccc(OC[C@H]2CCCO2)c1. The van der Waals surface area contributed by atoms with Crippen LogP contribution in [0.25, 0.3) is 0 Å². The summed E-state index contributed by atoms with van der Waals surface area (Å²) in [5.74, 6) is 0.728. The van der Waals surface area contributed by atoms with Gasteiger partial charge in [0.25, 0.3) is 5.91 Å². The molecular weight excluding hydrogens is 436 g/mol. The van der Waals surface area contributed by atoms with Crippen molar-refractivity contribution in [3.05, 3.63) is 59.1 Å². The fraction of sp³-hybridized carbons (Fsp3) is 0.391. The third kappa shape index (κ3) is 7.16. The quantitative estimate of drug-likeness (QED) is 0.547. The molecule has 1 fully saturated rings. The van der Waals surface area contributed by atoms with E-state index < -0.39 is 6.04 Å². The lowest BCUT2D eigenvalue weighted by molar-refractivity contribution is -0.118. The average Bonchev–Trinajstić information content (AvgIpc) is 3.29. The summed E-state index contributed by atoms with van der Waals surface area (Å²) in [6.45, 7) is 1.27. The van der Waals surface area contributed by atoms with Crippen LogP contribution >= 0.6 is 23.4 Å². The largest absolute Gasteiger partial charge is 0.491 e. The van der Waals surface area contributed by atoms with Crippen molar-refractivity contribution in [3.8, 4) is 5.75 Å². The second-order valence-electron chi connectivity index (χ2n) is 7.25. The number of thioether (sulfide) groups is 1. The van der Waals surface area contributed by atoms with Gasteiger partial charge in [-0.05, 0) is 55.5 Å². The molecule has 0 unspecified atom stereocenters. The molecule has 8 heteroatoms. The zero-order valence-electron chi connectivity index (χ0n) is 17.4. The maximum atomic E-state index is 12.9. The van der Waals surface area contributed by atoms with E-state index in [-0.39, 0.29) is 17.9 Å². The molecule has 31 heavy (non-hydrogen) atoms. The zero-order chi connectivity index (χ0) is 22.1. The topological polar surface area (TPSA) is 76.7 Å². The molecule has 2 amide bonds. The van der Waals surface area contributed by atoms with E-state index in [1.807, 2.05) is 18.4 Å². The number of hydrogen-bond donors (Lipinski definition) is 2. The zero-order valence-corrected chi connectivity index (χ0v) is 19.0. The predicted octanol–water partition coefficient (Wildman–Crippen LogP) is 4.39. The van der Waals surface area contributed by atoms with Gasteiger partial charge in [-0.3, -0.25) is 9.59 Å². The molecule has 2 atom stereocenters. The number of nitrogens with one attached hydrogen (secondary N) is 2. The first-order chi connectivity index (χ1) is 15.1. The summed E-state index contributed by atoms with van der Waals surface area (Å²) in [6.07, 6.45) is 4.63. The normalized spacial score (nSPS) is 16.5. The fourth-order valence-corrected chi connectivity index (χ4v) is 3.94. The van der Waals surface area contributed by atoms with Crippen LogP contribution in [0.4, 0.5) is 5.69 Å². The van der Waals surface area contributed by atoms with Gasteiger partial charge in [0.15, 0.2) is 0 Å². The van der Waals surface area contributed by atoms with E-state index in [4.69, 9.17) is 21.1 Å². The Labute approximate surface area is 192 Å². The lowest BCUT2D eigenvalue weighted by Gasteiger charge is -2.19. The maximum Gasteiger partial charge on any atom is 0.253 e. The number of amides is 2. The molecule has 0 saturated carbocycles. The molecule has 1 aliphatic rings. The number of rotatable bonds is 10. The molecule has 1 heterocycles. The summed E-state index contributed by atoms with van der Waals surface area (Å²) >= 11 is 7.73. The van der Waals surface area contributed by atoms with Crippen LogP contribution in [0.1, 0.15) is 29.6 Å². The Hall–Kier alpha value is -2.22. The van der Waals surface area contributed by atoms with E-state index in [1.54, 1.807) is 48.2 Å². The molecule has 166 valence electrons. The molecule has 0 aromatic heterocycles. The standard InChI is InChI=1S/C23H27ClN2O4S/c1-31-13-11-21(26-22(27)19-9-2-3-10-20(19)24)23(28)25-16-6-4-7-17(14-16)30-15-18-8-5-12-29-18/h2-4,6-7,9-10,14,18,21H,5,8,11-13,15H2,1H3,(H,25,28)(H,26,27)/t18-,21-/m1/s1. The van der Waals surface area contributed by atoms with Gasteiger partial charge in [-0.25, -0.2) is 0 Å². The highest BCUT2D eigenvalue weighted by molar-refractivity contribution is 7.98. The Balaban J connectivity index is 1.62. The Morgan fingerprint density at radius 1 is 1.26 bits per heavy atom. The van der Waals surface area contributed by atoms with Crippen molar-refractivity contribution in [1.29, 1.82) is 0 Å². The molecule has 2 aromatic carbocycles. The van der Waals surface area contributed by atoms with Crippen LogP contribution in [0.2, 0.25) is 5.02 Å². The Kier molecular flexibility index (Phi) is 9.06. The molecule has 6 nitrogen and oxygen atoms in total. The summed E-state index contributed by atoms with van der Waals surface area (Å²) < 4.78 is 11.4. The molecule has 0 radical (unpaired) electrons. The third-order valence-electron chi connectivity index (χ3n) is 4.91. The number of carbonyl (C=O) groups is 2.